The Morgan fingerprint density at radius 1 is 1.30 bits per heavy atom. The van der Waals surface area contributed by atoms with E-state index in [9.17, 15) is 9.59 Å². The van der Waals surface area contributed by atoms with Crippen LogP contribution in [0.2, 0.25) is 0 Å². The van der Waals surface area contributed by atoms with Crippen molar-refractivity contribution < 1.29 is 14.7 Å². The van der Waals surface area contributed by atoms with Crippen LogP contribution in [0.3, 0.4) is 0 Å². The Hall–Kier alpha value is -0.910. The van der Waals surface area contributed by atoms with E-state index in [0.717, 1.165) is 18.6 Å². The fourth-order valence-electron chi connectivity index (χ4n) is 2.09. The molecule has 0 aliphatic heterocycles. The Kier molecular flexibility index (Phi) is 10.3. The number of carbonyl (C=O) groups excluding carboxylic acids is 1. The van der Waals surface area contributed by atoms with Crippen LogP contribution >= 0.6 is 11.8 Å². The minimum absolute atomic E-state index is 0.0149. The minimum atomic E-state index is -0.813. The largest absolute Gasteiger partial charge is 0.481 e. The molecule has 0 aromatic heterocycles. The number of rotatable bonds is 10. The molecule has 5 nitrogen and oxygen atoms in total. The molecule has 0 saturated heterocycles. The second kappa shape index (κ2) is 10.8. The van der Waals surface area contributed by atoms with E-state index in [4.69, 9.17) is 5.11 Å². The highest BCUT2D eigenvalue weighted by Crippen LogP contribution is 2.14. The second-order valence-corrected chi connectivity index (χ2v) is 6.42. The van der Waals surface area contributed by atoms with Gasteiger partial charge in [0.25, 0.3) is 0 Å². The molecule has 0 radical (unpaired) electrons. The first-order valence-corrected chi connectivity index (χ1v) is 8.53. The lowest BCUT2D eigenvalue weighted by molar-refractivity contribution is -0.138. The molecule has 0 fully saturated rings. The second-order valence-electron chi connectivity index (χ2n) is 5.51. The minimum Gasteiger partial charge on any atom is -0.481 e. The average Bonchev–Trinajstić information content (AvgIpc) is 2.34. The van der Waals surface area contributed by atoms with E-state index in [0.29, 0.717) is 12.5 Å². The van der Waals surface area contributed by atoms with Crippen molar-refractivity contribution >= 4 is 23.8 Å². The van der Waals surface area contributed by atoms with Gasteiger partial charge in [-0.1, -0.05) is 20.8 Å². The number of carboxylic acids is 1. The third kappa shape index (κ3) is 9.95. The van der Waals surface area contributed by atoms with Gasteiger partial charge in [0.15, 0.2) is 0 Å². The van der Waals surface area contributed by atoms with E-state index < -0.39 is 5.97 Å². The van der Waals surface area contributed by atoms with Crippen LogP contribution in [0.5, 0.6) is 0 Å². The molecule has 0 saturated carbocycles. The van der Waals surface area contributed by atoms with Crippen molar-refractivity contribution in [1.29, 1.82) is 0 Å². The van der Waals surface area contributed by atoms with Gasteiger partial charge in [0.2, 0.25) is 0 Å². The predicted octanol–water partition coefficient (Wildman–Crippen LogP) is 2.56. The molecule has 0 aromatic rings. The summed E-state index contributed by atoms with van der Waals surface area (Å²) in [5.41, 5.74) is 0. The number of amides is 2. The van der Waals surface area contributed by atoms with Gasteiger partial charge < -0.3 is 15.7 Å². The van der Waals surface area contributed by atoms with Crippen molar-refractivity contribution in [3.8, 4) is 0 Å². The highest BCUT2D eigenvalue weighted by molar-refractivity contribution is 7.98. The van der Waals surface area contributed by atoms with E-state index >= 15 is 0 Å². The summed E-state index contributed by atoms with van der Waals surface area (Å²) in [7, 11) is 0. The van der Waals surface area contributed by atoms with Crippen molar-refractivity contribution in [2.45, 2.75) is 46.1 Å². The van der Waals surface area contributed by atoms with E-state index in [1.165, 1.54) is 0 Å². The number of aliphatic carboxylic acids is 1. The van der Waals surface area contributed by atoms with Crippen LogP contribution in [-0.2, 0) is 4.79 Å². The number of hydrogen-bond donors (Lipinski definition) is 3. The molecule has 0 heterocycles. The van der Waals surface area contributed by atoms with Crippen LogP contribution in [0.15, 0.2) is 0 Å². The van der Waals surface area contributed by atoms with Gasteiger partial charge in [-0.15, -0.1) is 0 Å². The number of carbonyl (C=O) groups is 2. The topological polar surface area (TPSA) is 78.4 Å². The number of thioether (sulfide) groups is 1. The van der Waals surface area contributed by atoms with Crippen LogP contribution < -0.4 is 10.6 Å². The normalized spacial score (nSPS) is 13.8. The first-order valence-electron chi connectivity index (χ1n) is 7.14. The number of carboxylic acid groups (broad SMARTS) is 1. The predicted molar refractivity (Wildman–Crippen MR) is 84.2 cm³/mol. The molecule has 3 N–H and O–H groups in total. The van der Waals surface area contributed by atoms with Crippen molar-refractivity contribution in [1.82, 2.24) is 10.6 Å². The molecule has 0 rings (SSSR count). The summed E-state index contributed by atoms with van der Waals surface area (Å²) in [6.07, 6.45) is 3.79. The highest BCUT2D eigenvalue weighted by atomic mass is 32.2. The molecule has 20 heavy (non-hydrogen) atoms. The molecule has 0 aromatic carbocycles. The molecular weight excluding hydrogens is 276 g/mol. The molecule has 0 spiro atoms. The van der Waals surface area contributed by atoms with E-state index in [1.807, 2.05) is 13.2 Å². The molecule has 2 atom stereocenters. The lowest BCUT2D eigenvalue weighted by atomic mass is 9.94. The maximum Gasteiger partial charge on any atom is 0.315 e. The zero-order chi connectivity index (χ0) is 15.5. The van der Waals surface area contributed by atoms with Gasteiger partial charge in [0.1, 0.15) is 0 Å². The Balaban J connectivity index is 4.17. The van der Waals surface area contributed by atoms with Gasteiger partial charge in [0, 0.05) is 24.8 Å². The van der Waals surface area contributed by atoms with E-state index in [-0.39, 0.29) is 24.4 Å². The fraction of sp³-hybridized carbons (Fsp3) is 0.857. The van der Waals surface area contributed by atoms with Crippen molar-refractivity contribution in [2.75, 3.05) is 18.6 Å². The Morgan fingerprint density at radius 3 is 2.40 bits per heavy atom. The standard InChI is InChI=1S/C14H28N2O3S/c1-5-12(9-20-4)16-14(19)15-8-11(6-10(2)3)7-13(17)18/h10-12H,5-9H2,1-4H3,(H,17,18)(H2,15,16,19). The van der Waals surface area contributed by atoms with Gasteiger partial charge >= 0.3 is 12.0 Å². The molecule has 2 unspecified atom stereocenters. The number of nitrogens with one attached hydrogen (secondary N) is 2. The molecule has 118 valence electrons. The van der Waals surface area contributed by atoms with Crippen molar-refractivity contribution in [3.63, 3.8) is 0 Å². The van der Waals surface area contributed by atoms with Gasteiger partial charge in [-0.05, 0) is 30.9 Å². The smallest absolute Gasteiger partial charge is 0.315 e. The average molecular weight is 304 g/mol. The van der Waals surface area contributed by atoms with E-state index in [2.05, 4.69) is 24.5 Å². The lowest BCUT2D eigenvalue weighted by Gasteiger charge is -2.20. The van der Waals surface area contributed by atoms with Crippen LogP contribution in [0.25, 0.3) is 0 Å². The van der Waals surface area contributed by atoms with Crippen LogP contribution in [0, 0.1) is 11.8 Å². The molecule has 0 aliphatic rings. The molecule has 0 bridgehead atoms. The van der Waals surface area contributed by atoms with Crippen LogP contribution in [0.4, 0.5) is 4.79 Å². The monoisotopic (exact) mass is 304 g/mol. The van der Waals surface area contributed by atoms with Crippen LogP contribution in [-0.4, -0.2) is 41.7 Å². The summed E-state index contributed by atoms with van der Waals surface area (Å²) in [6.45, 7) is 6.56. The Morgan fingerprint density at radius 2 is 1.95 bits per heavy atom. The van der Waals surface area contributed by atoms with Gasteiger partial charge in [-0.2, -0.15) is 11.8 Å². The van der Waals surface area contributed by atoms with Crippen LogP contribution in [0.1, 0.15) is 40.0 Å². The summed E-state index contributed by atoms with van der Waals surface area (Å²) >= 11 is 1.70. The molecule has 2 amide bonds. The molecule has 6 heteroatoms. The van der Waals surface area contributed by atoms with Crippen molar-refractivity contribution in [3.05, 3.63) is 0 Å². The van der Waals surface area contributed by atoms with Gasteiger partial charge in [-0.3, -0.25) is 4.79 Å². The number of hydrogen-bond acceptors (Lipinski definition) is 3. The third-order valence-corrected chi connectivity index (χ3v) is 3.75. The zero-order valence-electron chi connectivity index (χ0n) is 12.9. The summed E-state index contributed by atoms with van der Waals surface area (Å²) < 4.78 is 0. The molecule has 0 aliphatic carbocycles. The van der Waals surface area contributed by atoms with E-state index in [1.54, 1.807) is 11.8 Å². The third-order valence-electron chi connectivity index (χ3n) is 3.02. The zero-order valence-corrected chi connectivity index (χ0v) is 13.8. The summed E-state index contributed by atoms with van der Waals surface area (Å²) in [4.78, 5) is 22.6. The summed E-state index contributed by atoms with van der Waals surface area (Å²) in [5, 5.41) is 14.6. The summed E-state index contributed by atoms with van der Waals surface area (Å²) in [5.74, 6) is 0.476. The number of urea groups is 1. The van der Waals surface area contributed by atoms with Gasteiger partial charge in [-0.25, -0.2) is 4.79 Å². The highest BCUT2D eigenvalue weighted by Gasteiger charge is 2.17. The fourth-order valence-corrected chi connectivity index (χ4v) is 2.81. The van der Waals surface area contributed by atoms with Gasteiger partial charge in [0.05, 0.1) is 0 Å². The lowest BCUT2D eigenvalue weighted by Crippen LogP contribution is -2.44. The van der Waals surface area contributed by atoms with Crippen molar-refractivity contribution in [2.24, 2.45) is 11.8 Å². The summed E-state index contributed by atoms with van der Waals surface area (Å²) in [6, 6.07) is -0.0435. The quantitative estimate of drug-likeness (QED) is 0.579. The molecular formula is C14H28N2O3S. The SMILES string of the molecule is CCC(CSC)NC(=O)NCC(CC(=O)O)CC(C)C. The first-order chi connectivity index (χ1) is 9.38. The maximum absolute atomic E-state index is 11.8. The Labute approximate surface area is 126 Å². The Bertz CT molecular complexity index is 298. The first kappa shape index (κ1) is 19.1. The maximum atomic E-state index is 11.8.